The maximum atomic E-state index is 10.7. The Hall–Kier alpha value is -3.10. The summed E-state index contributed by atoms with van der Waals surface area (Å²) < 4.78 is 11.3. The Morgan fingerprint density at radius 2 is 2.17 bits per heavy atom. The van der Waals surface area contributed by atoms with Crippen LogP contribution >= 0.6 is 0 Å². The highest BCUT2D eigenvalue weighted by Crippen LogP contribution is 2.33. The van der Waals surface area contributed by atoms with Crippen LogP contribution in [-0.2, 0) is 6.54 Å². The van der Waals surface area contributed by atoms with E-state index in [9.17, 15) is 10.1 Å². The van der Waals surface area contributed by atoms with Crippen LogP contribution in [0.25, 0.3) is 0 Å². The number of benzene rings is 1. The first-order valence-electron chi connectivity index (χ1n) is 7.03. The molecule has 1 aliphatic heterocycles. The first-order valence-corrected chi connectivity index (χ1v) is 7.03. The number of nitrogen functional groups attached to an aromatic ring is 1. The van der Waals surface area contributed by atoms with Crippen LogP contribution in [-0.4, -0.2) is 28.1 Å². The van der Waals surface area contributed by atoms with E-state index in [1.54, 1.807) is 0 Å². The summed E-state index contributed by atoms with van der Waals surface area (Å²) in [7, 11) is 0. The number of aromatic nitrogens is 2. The van der Waals surface area contributed by atoms with E-state index in [0.717, 1.165) is 18.2 Å². The predicted molar refractivity (Wildman–Crippen MR) is 82.5 cm³/mol. The molecule has 0 spiro atoms. The molecule has 0 atom stereocenters. The number of rotatable bonds is 4. The molecule has 23 heavy (non-hydrogen) atoms. The molecule has 9 nitrogen and oxygen atoms in total. The Morgan fingerprint density at radius 3 is 2.96 bits per heavy atom. The lowest BCUT2D eigenvalue weighted by atomic mass is 10.2. The van der Waals surface area contributed by atoms with Crippen molar-refractivity contribution in [1.29, 1.82) is 0 Å². The summed E-state index contributed by atoms with van der Waals surface area (Å²) >= 11 is 0. The Labute approximate surface area is 131 Å². The number of hydrogen-bond acceptors (Lipinski definition) is 8. The van der Waals surface area contributed by atoms with Crippen LogP contribution in [0, 0.1) is 10.1 Å². The molecule has 2 heterocycles. The normalized spacial score (nSPS) is 13.2. The average Bonchev–Trinajstić information content (AvgIpc) is 2.78. The van der Waals surface area contributed by atoms with E-state index < -0.39 is 4.92 Å². The van der Waals surface area contributed by atoms with E-state index >= 15 is 0 Å². The molecule has 3 rings (SSSR count). The standard InChI is InChI=1S/C14H15N5O4/c15-13-10(19(20)21)8-17-14(18-13)16-7-9-3-1-4-11-12(9)23-6-2-5-22-11/h1,3-4,8H,2,5-7H2,(H3,15,16,17,18). The van der Waals surface area contributed by atoms with Gasteiger partial charge in [-0.1, -0.05) is 12.1 Å². The van der Waals surface area contributed by atoms with Crippen LogP contribution in [0.5, 0.6) is 11.5 Å². The first kappa shape index (κ1) is 14.8. The molecule has 0 saturated carbocycles. The molecule has 1 aromatic carbocycles. The second-order valence-electron chi connectivity index (χ2n) is 4.87. The molecule has 3 N–H and O–H groups in total. The second-order valence-corrected chi connectivity index (χ2v) is 4.87. The van der Waals surface area contributed by atoms with Gasteiger partial charge in [0.15, 0.2) is 11.5 Å². The summed E-state index contributed by atoms with van der Waals surface area (Å²) in [4.78, 5) is 17.8. The van der Waals surface area contributed by atoms with Gasteiger partial charge >= 0.3 is 5.69 Å². The molecule has 9 heteroatoms. The second kappa shape index (κ2) is 6.34. The van der Waals surface area contributed by atoms with Gasteiger partial charge in [-0.25, -0.2) is 4.98 Å². The van der Waals surface area contributed by atoms with Crippen LogP contribution in [0.3, 0.4) is 0 Å². The van der Waals surface area contributed by atoms with Crippen molar-refractivity contribution in [2.75, 3.05) is 24.3 Å². The first-order chi connectivity index (χ1) is 11.1. The van der Waals surface area contributed by atoms with Gasteiger partial charge in [-0.3, -0.25) is 10.1 Å². The fourth-order valence-electron chi connectivity index (χ4n) is 2.18. The predicted octanol–water partition coefficient (Wildman–Crippen LogP) is 1.74. The van der Waals surface area contributed by atoms with E-state index in [1.165, 1.54) is 0 Å². The molecule has 0 unspecified atom stereocenters. The van der Waals surface area contributed by atoms with Gasteiger partial charge in [0, 0.05) is 18.5 Å². The van der Waals surface area contributed by atoms with Gasteiger partial charge in [-0.15, -0.1) is 0 Å². The number of ether oxygens (including phenoxy) is 2. The zero-order valence-electron chi connectivity index (χ0n) is 12.2. The Balaban J connectivity index is 1.76. The van der Waals surface area contributed by atoms with Crippen LogP contribution in [0.1, 0.15) is 12.0 Å². The maximum Gasteiger partial charge on any atom is 0.329 e. The fraction of sp³-hybridized carbons (Fsp3) is 0.286. The molecule has 0 bridgehead atoms. The zero-order valence-corrected chi connectivity index (χ0v) is 12.2. The van der Waals surface area contributed by atoms with Gasteiger partial charge in [0.05, 0.1) is 18.1 Å². The third-order valence-corrected chi connectivity index (χ3v) is 3.28. The van der Waals surface area contributed by atoms with Crippen molar-refractivity contribution >= 4 is 17.5 Å². The van der Waals surface area contributed by atoms with Crippen molar-refractivity contribution in [2.24, 2.45) is 0 Å². The zero-order chi connectivity index (χ0) is 16.2. The molecule has 0 aliphatic carbocycles. The highest BCUT2D eigenvalue weighted by Gasteiger charge is 2.16. The molecule has 0 saturated heterocycles. The summed E-state index contributed by atoms with van der Waals surface area (Å²) in [5.41, 5.74) is 6.11. The minimum atomic E-state index is -0.624. The van der Waals surface area contributed by atoms with E-state index in [2.05, 4.69) is 15.3 Å². The van der Waals surface area contributed by atoms with Crippen molar-refractivity contribution in [3.63, 3.8) is 0 Å². The lowest BCUT2D eigenvalue weighted by Crippen LogP contribution is -2.08. The Kier molecular flexibility index (Phi) is 4.09. The molecule has 1 aliphatic rings. The van der Waals surface area contributed by atoms with Gasteiger partial charge in [0.2, 0.25) is 11.8 Å². The molecular formula is C14H15N5O4. The third kappa shape index (κ3) is 3.23. The van der Waals surface area contributed by atoms with E-state index in [0.29, 0.717) is 31.3 Å². The van der Waals surface area contributed by atoms with Gasteiger partial charge in [-0.05, 0) is 6.07 Å². The van der Waals surface area contributed by atoms with Crippen molar-refractivity contribution in [3.05, 3.63) is 40.1 Å². The van der Waals surface area contributed by atoms with E-state index in [4.69, 9.17) is 15.2 Å². The topological polar surface area (TPSA) is 125 Å². The molecule has 0 fully saturated rings. The number of hydrogen-bond donors (Lipinski definition) is 2. The van der Waals surface area contributed by atoms with Crippen molar-refractivity contribution < 1.29 is 14.4 Å². The number of nitrogens with one attached hydrogen (secondary N) is 1. The van der Waals surface area contributed by atoms with Gasteiger partial charge < -0.3 is 20.5 Å². The minimum absolute atomic E-state index is 0.182. The summed E-state index contributed by atoms with van der Waals surface area (Å²) in [5, 5.41) is 13.7. The quantitative estimate of drug-likeness (QED) is 0.645. The van der Waals surface area contributed by atoms with Crippen molar-refractivity contribution in [3.8, 4) is 11.5 Å². The smallest absolute Gasteiger partial charge is 0.329 e. The SMILES string of the molecule is Nc1nc(NCc2cccc3c2OCCCO3)ncc1[N+](=O)[O-]. The van der Waals surface area contributed by atoms with Crippen molar-refractivity contribution in [2.45, 2.75) is 13.0 Å². The number of fused-ring (bicyclic) bond motifs is 1. The molecule has 1 aromatic heterocycles. The maximum absolute atomic E-state index is 10.7. The minimum Gasteiger partial charge on any atom is -0.490 e. The summed E-state index contributed by atoms with van der Waals surface area (Å²) in [5.74, 6) is 1.41. The largest absolute Gasteiger partial charge is 0.490 e. The van der Waals surface area contributed by atoms with Crippen LogP contribution in [0.4, 0.5) is 17.5 Å². The van der Waals surface area contributed by atoms with E-state index in [-0.39, 0.29) is 17.5 Å². The molecule has 120 valence electrons. The molecule has 2 aromatic rings. The van der Waals surface area contributed by atoms with Crippen LogP contribution in [0.15, 0.2) is 24.4 Å². The summed E-state index contributed by atoms with van der Waals surface area (Å²) in [6.45, 7) is 1.58. The van der Waals surface area contributed by atoms with Gasteiger partial charge in [0.1, 0.15) is 6.20 Å². The number of nitrogens with zero attached hydrogens (tertiary/aromatic N) is 3. The molecular weight excluding hydrogens is 302 g/mol. The Morgan fingerprint density at radius 1 is 1.35 bits per heavy atom. The van der Waals surface area contributed by atoms with E-state index in [1.807, 2.05) is 18.2 Å². The van der Waals surface area contributed by atoms with Crippen LogP contribution < -0.4 is 20.5 Å². The molecule has 0 radical (unpaired) electrons. The van der Waals surface area contributed by atoms with Gasteiger partial charge in [-0.2, -0.15) is 4.98 Å². The summed E-state index contributed by atoms with van der Waals surface area (Å²) in [6.07, 6.45) is 1.90. The highest BCUT2D eigenvalue weighted by atomic mass is 16.6. The summed E-state index contributed by atoms with van der Waals surface area (Å²) in [6, 6.07) is 5.62. The monoisotopic (exact) mass is 317 g/mol. The lowest BCUT2D eigenvalue weighted by Gasteiger charge is -2.13. The Bertz CT molecular complexity index is 737. The third-order valence-electron chi connectivity index (χ3n) is 3.28. The number of nitrogens with two attached hydrogens (primary N) is 1. The molecule has 0 amide bonds. The van der Waals surface area contributed by atoms with Crippen molar-refractivity contribution in [1.82, 2.24) is 9.97 Å². The number of anilines is 2. The number of nitro groups is 1. The van der Waals surface area contributed by atoms with Gasteiger partial charge in [0.25, 0.3) is 0 Å². The fourth-order valence-corrected chi connectivity index (χ4v) is 2.18. The average molecular weight is 317 g/mol. The number of para-hydroxylation sites is 1. The van der Waals surface area contributed by atoms with Crippen LogP contribution in [0.2, 0.25) is 0 Å². The highest BCUT2D eigenvalue weighted by molar-refractivity contribution is 5.54. The lowest BCUT2D eigenvalue weighted by molar-refractivity contribution is -0.384.